The minimum atomic E-state index is -0.862. The number of carbonyl (C=O) groups excluding carboxylic acids is 1. The van der Waals surface area contributed by atoms with Gasteiger partial charge < -0.3 is 15.0 Å². The maximum Gasteiger partial charge on any atom is 0.268 e. The fraction of sp³-hybridized carbons (Fsp3) is 0.667. The molecule has 1 aromatic rings. The van der Waals surface area contributed by atoms with Crippen LogP contribution in [0, 0.1) is 5.92 Å². The Labute approximate surface area is 115 Å². The zero-order chi connectivity index (χ0) is 14.6. The van der Waals surface area contributed by atoms with Crippen molar-refractivity contribution in [3.8, 4) is 0 Å². The number of nitrogens with zero attached hydrogens (tertiary/aromatic N) is 1. The van der Waals surface area contributed by atoms with Crippen molar-refractivity contribution in [2.24, 2.45) is 5.92 Å². The molecule has 108 valence electrons. The smallest absolute Gasteiger partial charge is 0.268 e. The normalized spacial score (nSPS) is 14.7. The van der Waals surface area contributed by atoms with Crippen LogP contribution >= 0.6 is 0 Å². The summed E-state index contributed by atoms with van der Waals surface area (Å²) in [5.74, 6) is 0.258. The first-order valence-electron chi connectivity index (χ1n) is 6.90. The van der Waals surface area contributed by atoms with E-state index in [1.165, 1.54) is 0 Å². The Hall–Kier alpha value is -1.29. The molecule has 0 saturated carbocycles. The Morgan fingerprint density at radius 1 is 1.42 bits per heavy atom. The van der Waals surface area contributed by atoms with Crippen LogP contribution in [-0.4, -0.2) is 27.7 Å². The van der Waals surface area contributed by atoms with Crippen molar-refractivity contribution < 1.29 is 9.90 Å². The summed E-state index contributed by atoms with van der Waals surface area (Å²) in [6, 6.07) is 3.90. The third-order valence-electron chi connectivity index (χ3n) is 3.05. The van der Waals surface area contributed by atoms with Crippen molar-refractivity contribution in [3.63, 3.8) is 0 Å². The molecule has 4 heteroatoms. The van der Waals surface area contributed by atoms with E-state index < -0.39 is 5.60 Å². The van der Waals surface area contributed by atoms with Crippen LogP contribution in [0.5, 0.6) is 0 Å². The lowest BCUT2D eigenvalue weighted by molar-refractivity contribution is 0.0366. The summed E-state index contributed by atoms with van der Waals surface area (Å²) in [6.45, 7) is 10.2. The summed E-state index contributed by atoms with van der Waals surface area (Å²) < 4.78 is 1.92. The average molecular weight is 266 g/mol. The van der Waals surface area contributed by atoms with Gasteiger partial charge in [-0.05, 0) is 45.2 Å². The summed E-state index contributed by atoms with van der Waals surface area (Å²) in [7, 11) is 0. The van der Waals surface area contributed by atoms with E-state index >= 15 is 0 Å². The van der Waals surface area contributed by atoms with Gasteiger partial charge in [-0.3, -0.25) is 4.79 Å². The summed E-state index contributed by atoms with van der Waals surface area (Å²) in [4.78, 5) is 12.1. The highest BCUT2D eigenvalue weighted by atomic mass is 16.3. The highest BCUT2D eigenvalue weighted by molar-refractivity contribution is 5.92. The number of aromatic nitrogens is 1. The standard InChI is InChI=1S/C15H26N2O2/c1-11(2)9-15(5,19)10-16-14(18)13-7-6-8-17(13)12(3)4/h6-8,11-12,19H,9-10H2,1-5H3,(H,16,18). The van der Waals surface area contributed by atoms with E-state index in [1.807, 2.05) is 30.7 Å². The van der Waals surface area contributed by atoms with Gasteiger partial charge in [0.05, 0.1) is 5.60 Å². The van der Waals surface area contributed by atoms with Gasteiger partial charge >= 0.3 is 0 Å². The number of hydrogen-bond acceptors (Lipinski definition) is 2. The topological polar surface area (TPSA) is 54.3 Å². The van der Waals surface area contributed by atoms with Gasteiger partial charge in [-0.15, -0.1) is 0 Å². The van der Waals surface area contributed by atoms with Crippen molar-refractivity contribution in [2.45, 2.75) is 52.7 Å². The lowest BCUT2D eigenvalue weighted by Crippen LogP contribution is -2.42. The first-order valence-corrected chi connectivity index (χ1v) is 6.90. The third kappa shape index (κ3) is 4.71. The lowest BCUT2D eigenvalue weighted by Gasteiger charge is -2.25. The SMILES string of the molecule is CC(C)CC(C)(O)CNC(=O)c1cccn1C(C)C. The molecule has 0 spiro atoms. The third-order valence-corrected chi connectivity index (χ3v) is 3.05. The van der Waals surface area contributed by atoms with Crippen molar-refractivity contribution >= 4 is 5.91 Å². The van der Waals surface area contributed by atoms with E-state index in [2.05, 4.69) is 19.2 Å². The maximum absolute atomic E-state index is 12.1. The van der Waals surface area contributed by atoms with Gasteiger partial charge in [0.25, 0.3) is 5.91 Å². The van der Waals surface area contributed by atoms with E-state index in [4.69, 9.17) is 0 Å². The average Bonchev–Trinajstić information content (AvgIpc) is 2.73. The summed E-state index contributed by atoms with van der Waals surface area (Å²) >= 11 is 0. The molecule has 0 fully saturated rings. The fourth-order valence-corrected chi connectivity index (χ4v) is 2.35. The number of rotatable bonds is 6. The van der Waals surface area contributed by atoms with Crippen molar-refractivity contribution in [1.82, 2.24) is 9.88 Å². The minimum Gasteiger partial charge on any atom is -0.388 e. The maximum atomic E-state index is 12.1. The Bertz CT molecular complexity index is 420. The Balaban J connectivity index is 2.63. The first kappa shape index (κ1) is 15.8. The quantitative estimate of drug-likeness (QED) is 0.831. The first-order chi connectivity index (χ1) is 8.73. The van der Waals surface area contributed by atoms with Gasteiger partial charge in [-0.1, -0.05) is 13.8 Å². The molecule has 1 heterocycles. The Morgan fingerprint density at radius 3 is 2.58 bits per heavy atom. The molecule has 0 aliphatic carbocycles. The molecule has 0 radical (unpaired) electrons. The summed E-state index contributed by atoms with van der Waals surface area (Å²) in [5.41, 5.74) is -0.227. The molecule has 19 heavy (non-hydrogen) atoms. The van der Waals surface area contributed by atoms with Gasteiger partial charge in [-0.25, -0.2) is 0 Å². The number of carbonyl (C=O) groups is 1. The van der Waals surface area contributed by atoms with Gasteiger partial charge in [0.1, 0.15) is 5.69 Å². The summed E-state index contributed by atoms with van der Waals surface area (Å²) in [6.07, 6.45) is 2.56. The van der Waals surface area contributed by atoms with Crippen LogP contribution in [0.3, 0.4) is 0 Å². The van der Waals surface area contributed by atoms with E-state index in [1.54, 1.807) is 13.0 Å². The number of nitrogens with one attached hydrogen (secondary N) is 1. The molecule has 1 rings (SSSR count). The van der Waals surface area contributed by atoms with Crippen molar-refractivity contribution in [1.29, 1.82) is 0 Å². The number of hydrogen-bond donors (Lipinski definition) is 2. The molecular formula is C15H26N2O2. The zero-order valence-electron chi connectivity index (χ0n) is 12.6. The highest BCUT2D eigenvalue weighted by Gasteiger charge is 2.23. The van der Waals surface area contributed by atoms with E-state index in [-0.39, 0.29) is 18.5 Å². The molecule has 1 atom stereocenters. The van der Waals surface area contributed by atoms with E-state index in [0.29, 0.717) is 18.0 Å². The Morgan fingerprint density at radius 2 is 2.05 bits per heavy atom. The second kappa shape index (κ2) is 6.24. The van der Waals surface area contributed by atoms with Crippen LogP contribution in [0.25, 0.3) is 0 Å². The van der Waals surface area contributed by atoms with Crippen LogP contribution in [0.15, 0.2) is 18.3 Å². The van der Waals surface area contributed by atoms with Crippen LogP contribution < -0.4 is 5.32 Å². The summed E-state index contributed by atoms with van der Waals surface area (Å²) in [5, 5.41) is 13.0. The van der Waals surface area contributed by atoms with E-state index in [9.17, 15) is 9.90 Å². The van der Waals surface area contributed by atoms with Gasteiger partial charge in [0.2, 0.25) is 0 Å². The van der Waals surface area contributed by atoms with Gasteiger partial charge in [0.15, 0.2) is 0 Å². The predicted molar refractivity (Wildman–Crippen MR) is 77.2 cm³/mol. The van der Waals surface area contributed by atoms with E-state index in [0.717, 1.165) is 0 Å². The largest absolute Gasteiger partial charge is 0.388 e. The monoisotopic (exact) mass is 266 g/mol. The van der Waals surface area contributed by atoms with Crippen LogP contribution in [0.2, 0.25) is 0 Å². The zero-order valence-corrected chi connectivity index (χ0v) is 12.6. The van der Waals surface area contributed by atoms with Crippen LogP contribution in [-0.2, 0) is 0 Å². The second-order valence-corrected chi connectivity index (χ2v) is 6.17. The van der Waals surface area contributed by atoms with Crippen LogP contribution in [0.1, 0.15) is 57.6 Å². The number of amides is 1. The minimum absolute atomic E-state index is 0.136. The molecule has 0 bridgehead atoms. The molecule has 0 aliphatic heterocycles. The second-order valence-electron chi connectivity index (χ2n) is 6.17. The van der Waals surface area contributed by atoms with Crippen LogP contribution in [0.4, 0.5) is 0 Å². The van der Waals surface area contributed by atoms with Crippen molar-refractivity contribution in [2.75, 3.05) is 6.54 Å². The molecule has 0 aliphatic rings. The molecule has 0 saturated heterocycles. The fourth-order valence-electron chi connectivity index (χ4n) is 2.35. The lowest BCUT2D eigenvalue weighted by atomic mass is 9.94. The van der Waals surface area contributed by atoms with Crippen molar-refractivity contribution in [3.05, 3.63) is 24.0 Å². The van der Waals surface area contributed by atoms with Gasteiger partial charge in [-0.2, -0.15) is 0 Å². The number of aliphatic hydroxyl groups is 1. The molecular weight excluding hydrogens is 240 g/mol. The molecule has 1 amide bonds. The highest BCUT2D eigenvalue weighted by Crippen LogP contribution is 2.16. The molecule has 1 aromatic heterocycles. The predicted octanol–water partition coefficient (Wildman–Crippen LogP) is 2.60. The Kier molecular flexibility index (Phi) is 5.18. The van der Waals surface area contributed by atoms with Gasteiger partial charge in [0, 0.05) is 18.8 Å². The molecule has 4 nitrogen and oxygen atoms in total. The molecule has 2 N–H and O–H groups in total. The molecule has 1 unspecified atom stereocenters. The molecule has 0 aromatic carbocycles.